The lowest BCUT2D eigenvalue weighted by Crippen LogP contribution is -1.82. The molecule has 0 aliphatic heterocycles. The van der Waals surface area contributed by atoms with E-state index < -0.39 is 0 Å². The van der Waals surface area contributed by atoms with Crippen LogP contribution in [-0.2, 0) is 0 Å². The minimum atomic E-state index is 0.822. The number of nitrogens with zero attached hydrogens (tertiary/aromatic N) is 3. The standard InChI is InChI=1S/C7H6N3/c1-10-5-9-6-3-2-4-8-7(6)10/h2-5H,1H2. The van der Waals surface area contributed by atoms with E-state index in [0.29, 0.717) is 0 Å². The van der Waals surface area contributed by atoms with Crippen LogP contribution in [-0.4, -0.2) is 14.5 Å². The molecule has 2 aromatic rings. The molecule has 2 aromatic heterocycles. The highest BCUT2D eigenvalue weighted by molar-refractivity contribution is 5.70. The highest BCUT2D eigenvalue weighted by Gasteiger charge is 1.95. The normalized spacial score (nSPS) is 10.5. The van der Waals surface area contributed by atoms with E-state index in [4.69, 9.17) is 0 Å². The van der Waals surface area contributed by atoms with E-state index in [-0.39, 0.29) is 0 Å². The molecule has 0 bridgehead atoms. The van der Waals surface area contributed by atoms with Gasteiger partial charge in [-0.15, -0.1) is 0 Å². The second kappa shape index (κ2) is 1.80. The maximum atomic E-state index is 4.08. The van der Waals surface area contributed by atoms with Crippen LogP contribution in [0.5, 0.6) is 0 Å². The number of pyridine rings is 1. The van der Waals surface area contributed by atoms with E-state index in [2.05, 4.69) is 17.0 Å². The quantitative estimate of drug-likeness (QED) is 0.536. The SMILES string of the molecule is [CH2]n1cnc2cccnc21. The molecule has 0 amide bonds. The van der Waals surface area contributed by atoms with Crippen LogP contribution >= 0.6 is 0 Å². The molecule has 1 radical (unpaired) electrons. The third kappa shape index (κ3) is 0.603. The molecular weight excluding hydrogens is 126 g/mol. The summed E-state index contributed by atoms with van der Waals surface area (Å²) in [4.78, 5) is 8.13. The van der Waals surface area contributed by atoms with E-state index in [1.807, 2.05) is 12.1 Å². The van der Waals surface area contributed by atoms with Crippen LogP contribution in [0.15, 0.2) is 24.7 Å². The number of imidazole rings is 1. The summed E-state index contributed by atoms with van der Waals surface area (Å²) in [7, 11) is 3.70. The van der Waals surface area contributed by atoms with Gasteiger partial charge in [0.2, 0.25) is 0 Å². The molecule has 3 nitrogen and oxygen atoms in total. The van der Waals surface area contributed by atoms with Crippen LogP contribution in [0.4, 0.5) is 0 Å². The topological polar surface area (TPSA) is 30.7 Å². The van der Waals surface area contributed by atoms with Crippen LogP contribution in [0.2, 0.25) is 0 Å². The van der Waals surface area contributed by atoms with Gasteiger partial charge in [0, 0.05) is 13.2 Å². The Morgan fingerprint density at radius 2 is 2.30 bits per heavy atom. The molecule has 0 unspecified atom stereocenters. The van der Waals surface area contributed by atoms with E-state index in [1.54, 1.807) is 17.1 Å². The first-order chi connectivity index (χ1) is 4.88. The molecule has 0 fully saturated rings. The Labute approximate surface area is 58.3 Å². The minimum Gasteiger partial charge on any atom is -0.314 e. The molecule has 0 spiro atoms. The van der Waals surface area contributed by atoms with Crippen LogP contribution in [0.3, 0.4) is 0 Å². The Kier molecular flexibility index (Phi) is 0.974. The molecular formula is C7H6N3. The lowest BCUT2D eigenvalue weighted by Gasteiger charge is -1.88. The van der Waals surface area contributed by atoms with Gasteiger partial charge in [-0.3, -0.25) is 0 Å². The molecule has 10 heavy (non-hydrogen) atoms. The lowest BCUT2D eigenvalue weighted by molar-refractivity contribution is 1.07. The maximum Gasteiger partial charge on any atom is 0.159 e. The maximum absolute atomic E-state index is 4.08. The number of aromatic nitrogens is 3. The van der Waals surface area contributed by atoms with E-state index in [0.717, 1.165) is 11.2 Å². The average molecular weight is 132 g/mol. The van der Waals surface area contributed by atoms with Gasteiger partial charge >= 0.3 is 0 Å². The largest absolute Gasteiger partial charge is 0.314 e. The Morgan fingerprint density at radius 3 is 3.10 bits per heavy atom. The Hall–Kier alpha value is -1.38. The molecule has 2 heterocycles. The third-order valence-electron chi connectivity index (χ3n) is 1.37. The van der Waals surface area contributed by atoms with Gasteiger partial charge in [0.05, 0.1) is 6.33 Å². The Balaban J connectivity index is 2.93. The fourth-order valence-electron chi connectivity index (χ4n) is 0.897. The molecule has 0 saturated carbocycles. The van der Waals surface area contributed by atoms with Gasteiger partial charge in [0.1, 0.15) is 5.52 Å². The molecule has 0 saturated heterocycles. The first kappa shape index (κ1) is 5.41. The van der Waals surface area contributed by atoms with Crippen molar-refractivity contribution in [3.8, 4) is 0 Å². The molecule has 49 valence electrons. The van der Waals surface area contributed by atoms with Gasteiger partial charge in [0.25, 0.3) is 0 Å². The summed E-state index contributed by atoms with van der Waals surface area (Å²) < 4.78 is 1.65. The second-order valence-electron chi connectivity index (χ2n) is 2.06. The van der Waals surface area contributed by atoms with Gasteiger partial charge in [-0.05, 0) is 12.1 Å². The van der Waals surface area contributed by atoms with Crippen LogP contribution in [0.25, 0.3) is 11.2 Å². The second-order valence-corrected chi connectivity index (χ2v) is 2.06. The predicted octanol–water partition coefficient (Wildman–Crippen LogP) is 1.07. The monoisotopic (exact) mass is 132 g/mol. The fourth-order valence-corrected chi connectivity index (χ4v) is 0.897. The van der Waals surface area contributed by atoms with E-state index >= 15 is 0 Å². The molecule has 0 aromatic carbocycles. The number of hydrogen-bond donors (Lipinski definition) is 0. The van der Waals surface area contributed by atoms with Crippen molar-refractivity contribution in [3.05, 3.63) is 31.7 Å². The van der Waals surface area contributed by atoms with Crippen LogP contribution in [0.1, 0.15) is 0 Å². The highest BCUT2D eigenvalue weighted by Crippen LogP contribution is 2.05. The predicted molar refractivity (Wildman–Crippen MR) is 38.3 cm³/mol. The third-order valence-corrected chi connectivity index (χ3v) is 1.37. The van der Waals surface area contributed by atoms with Crippen molar-refractivity contribution in [2.45, 2.75) is 0 Å². The van der Waals surface area contributed by atoms with Crippen molar-refractivity contribution < 1.29 is 0 Å². The van der Waals surface area contributed by atoms with Gasteiger partial charge < -0.3 is 4.57 Å². The van der Waals surface area contributed by atoms with Gasteiger partial charge in [0.15, 0.2) is 5.65 Å². The molecule has 2 rings (SSSR count). The van der Waals surface area contributed by atoms with Crippen molar-refractivity contribution in [2.24, 2.45) is 0 Å². The summed E-state index contributed by atoms with van der Waals surface area (Å²) >= 11 is 0. The summed E-state index contributed by atoms with van der Waals surface area (Å²) in [5.41, 5.74) is 1.71. The first-order valence-electron chi connectivity index (χ1n) is 2.97. The van der Waals surface area contributed by atoms with Crippen molar-refractivity contribution in [1.29, 1.82) is 0 Å². The van der Waals surface area contributed by atoms with Crippen molar-refractivity contribution in [2.75, 3.05) is 0 Å². The zero-order valence-electron chi connectivity index (χ0n) is 5.36. The smallest absolute Gasteiger partial charge is 0.159 e. The summed E-state index contributed by atoms with van der Waals surface area (Å²) in [5.74, 6) is 0. The summed E-state index contributed by atoms with van der Waals surface area (Å²) in [6, 6.07) is 3.76. The van der Waals surface area contributed by atoms with Crippen LogP contribution in [0, 0.1) is 7.05 Å². The van der Waals surface area contributed by atoms with Gasteiger partial charge in [-0.2, -0.15) is 0 Å². The summed E-state index contributed by atoms with van der Waals surface area (Å²) in [6.45, 7) is 0. The molecule has 0 atom stereocenters. The van der Waals surface area contributed by atoms with Crippen molar-refractivity contribution in [3.63, 3.8) is 0 Å². The van der Waals surface area contributed by atoms with Crippen molar-refractivity contribution >= 4 is 11.2 Å². The summed E-state index contributed by atoms with van der Waals surface area (Å²) in [6.07, 6.45) is 3.38. The summed E-state index contributed by atoms with van der Waals surface area (Å²) in [5, 5.41) is 0. The number of fused-ring (bicyclic) bond motifs is 1. The molecule has 0 N–H and O–H groups in total. The Bertz CT molecular complexity index is 350. The first-order valence-corrected chi connectivity index (χ1v) is 2.97. The van der Waals surface area contributed by atoms with Crippen molar-refractivity contribution in [1.82, 2.24) is 14.5 Å². The Morgan fingerprint density at radius 1 is 1.40 bits per heavy atom. The molecule has 0 aliphatic carbocycles. The zero-order valence-corrected chi connectivity index (χ0v) is 5.36. The number of rotatable bonds is 0. The minimum absolute atomic E-state index is 0.822. The average Bonchev–Trinajstić information content (AvgIpc) is 2.34. The van der Waals surface area contributed by atoms with E-state index in [9.17, 15) is 0 Å². The molecule has 0 aliphatic rings. The lowest BCUT2D eigenvalue weighted by atomic mass is 10.4. The van der Waals surface area contributed by atoms with Crippen LogP contribution < -0.4 is 0 Å². The highest BCUT2D eigenvalue weighted by atomic mass is 15.1. The van der Waals surface area contributed by atoms with Gasteiger partial charge in [-0.1, -0.05) is 0 Å². The fraction of sp³-hybridized carbons (Fsp3) is 0. The molecule has 3 heteroatoms. The number of hydrogen-bond acceptors (Lipinski definition) is 2. The van der Waals surface area contributed by atoms with E-state index in [1.165, 1.54) is 0 Å². The zero-order chi connectivity index (χ0) is 6.97. The van der Waals surface area contributed by atoms with Gasteiger partial charge in [-0.25, -0.2) is 9.97 Å².